The molecule has 0 N–H and O–H groups in total. The third kappa shape index (κ3) is 3.34. The number of nitriles is 1. The fourth-order valence-corrected chi connectivity index (χ4v) is 1.10. The van der Waals surface area contributed by atoms with Gasteiger partial charge in [0.2, 0.25) is 5.60 Å². The zero-order valence-corrected chi connectivity index (χ0v) is 10.2. The summed E-state index contributed by atoms with van der Waals surface area (Å²) >= 11 is 0. The Hall–Kier alpha value is -1.37. The van der Waals surface area contributed by atoms with E-state index in [-0.39, 0.29) is 0 Å². The van der Waals surface area contributed by atoms with Crippen molar-refractivity contribution in [2.75, 3.05) is 0 Å². The minimum Gasteiger partial charge on any atom is -0.229 e. The summed E-state index contributed by atoms with van der Waals surface area (Å²) in [5.41, 5.74) is -0.733. The van der Waals surface area contributed by atoms with Crippen LogP contribution in [0.4, 0.5) is 0 Å². The lowest BCUT2D eigenvalue weighted by Gasteiger charge is -2.26. The highest BCUT2D eigenvalue weighted by Gasteiger charge is 2.31. The Bertz CT molecular complexity index is 375. The van der Waals surface area contributed by atoms with Crippen molar-refractivity contribution in [2.24, 2.45) is 0 Å². The maximum Gasteiger partial charge on any atom is 0.211 e. The summed E-state index contributed by atoms with van der Waals surface area (Å²) in [5.74, 6) is 0. The van der Waals surface area contributed by atoms with Crippen molar-refractivity contribution < 1.29 is 9.78 Å². The molecule has 0 amide bonds. The van der Waals surface area contributed by atoms with Gasteiger partial charge in [0.25, 0.3) is 0 Å². The molecule has 3 heteroatoms. The van der Waals surface area contributed by atoms with E-state index in [1.807, 2.05) is 51.1 Å². The van der Waals surface area contributed by atoms with Crippen molar-refractivity contribution in [1.82, 2.24) is 0 Å². The molecule has 86 valence electrons. The molecule has 1 atom stereocenters. The lowest BCUT2D eigenvalue weighted by molar-refractivity contribution is -0.392. The van der Waals surface area contributed by atoms with Crippen LogP contribution in [0.5, 0.6) is 0 Å². The summed E-state index contributed by atoms with van der Waals surface area (Å²) in [4.78, 5) is 10.5. The van der Waals surface area contributed by atoms with Crippen molar-refractivity contribution in [2.45, 2.75) is 38.9 Å². The van der Waals surface area contributed by atoms with E-state index in [0.717, 1.165) is 5.56 Å². The SMILES string of the molecule is CC(C)(C)OOC(C)(C#N)c1ccccc1. The number of nitrogens with zero attached hydrogens (tertiary/aromatic N) is 1. The van der Waals surface area contributed by atoms with Crippen molar-refractivity contribution in [3.05, 3.63) is 35.9 Å². The van der Waals surface area contributed by atoms with E-state index in [1.165, 1.54) is 0 Å². The van der Waals surface area contributed by atoms with E-state index in [2.05, 4.69) is 6.07 Å². The van der Waals surface area contributed by atoms with Gasteiger partial charge >= 0.3 is 0 Å². The normalized spacial score (nSPS) is 15.2. The molecule has 3 nitrogen and oxygen atoms in total. The first-order valence-corrected chi connectivity index (χ1v) is 5.21. The summed E-state index contributed by atoms with van der Waals surface area (Å²) in [6.07, 6.45) is 0. The zero-order valence-electron chi connectivity index (χ0n) is 10.2. The van der Waals surface area contributed by atoms with Crippen LogP contribution < -0.4 is 0 Å². The maximum absolute atomic E-state index is 9.18. The molecule has 0 bridgehead atoms. The average molecular weight is 219 g/mol. The van der Waals surface area contributed by atoms with Crippen molar-refractivity contribution in [3.8, 4) is 6.07 Å². The summed E-state index contributed by atoms with van der Waals surface area (Å²) in [6, 6.07) is 11.4. The summed E-state index contributed by atoms with van der Waals surface area (Å²) in [6.45, 7) is 7.30. The number of hydrogen-bond acceptors (Lipinski definition) is 3. The Morgan fingerprint density at radius 1 is 1.00 bits per heavy atom. The number of benzene rings is 1. The molecule has 0 spiro atoms. The molecule has 1 aromatic rings. The first kappa shape index (κ1) is 12.7. The van der Waals surface area contributed by atoms with Gasteiger partial charge in [-0.05, 0) is 27.7 Å². The summed E-state index contributed by atoms with van der Waals surface area (Å²) in [7, 11) is 0. The fraction of sp³-hybridized carbons (Fsp3) is 0.462. The van der Waals surface area contributed by atoms with E-state index in [1.54, 1.807) is 6.92 Å². The molecular weight excluding hydrogens is 202 g/mol. The molecule has 1 unspecified atom stereocenters. The molecule has 0 aromatic heterocycles. The van der Waals surface area contributed by atoms with Crippen LogP contribution in [0.15, 0.2) is 30.3 Å². The average Bonchev–Trinajstić information content (AvgIpc) is 2.26. The Labute approximate surface area is 96.5 Å². The molecule has 0 saturated heterocycles. The maximum atomic E-state index is 9.18. The monoisotopic (exact) mass is 219 g/mol. The number of rotatable bonds is 3. The van der Waals surface area contributed by atoms with Gasteiger partial charge in [-0.15, -0.1) is 0 Å². The van der Waals surface area contributed by atoms with Crippen LogP contribution in [0, 0.1) is 11.3 Å². The van der Waals surface area contributed by atoms with Gasteiger partial charge in [0.1, 0.15) is 6.07 Å². The van der Waals surface area contributed by atoms with Crippen LogP contribution in [-0.4, -0.2) is 5.60 Å². The Morgan fingerprint density at radius 3 is 2.00 bits per heavy atom. The van der Waals surface area contributed by atoms with Crippen LogP contribution in [-0.2, 0) is 15.4 Å². The molecule has 0 saturated carbocycles. The molecule has 1 rings (SSSR count). The predicted octanol–water partition coefficient (Wildman–Crippen LogP) is 3.17. The molecule has 0 heterocycles. The van der Waals surface area contributed by atoms with Gasteiger partial charge in [0, 0.05) is 5.56 Å². The zero-order chi connectivity index (χ0) is 12.2. The van der Waals surface area contributed by atoms with Crippen molar-refractivity contribution in [3.63, 3.8) is 0 Å². The highest BCUT2D eigenvalue weighted by molar-refractivity contribution is 5.27. The van der Waals surface area contributed by atoms with Gasteiger partial charge in [-0.2, -0.15) is 5.26 Å². The van der Waals surface area contributed by atoms with E-state index < -0.39 is 11.2 Å². The lowest BCUT2D eigenvalue weighted by atomic mass is 9.98. The molecule has 0 aliphatic heterocycles. The van der Waals surface area contributed by atoms with Gasteiger partial charge in [-0.1, -0.05) is 30.3 Å². The quantitative estimate of drug-likeness (QED) is 0.579. The minimum atomic E-state index is -1.07. The standard InChI is InChI=1S/C13H17NO2/c1-12(2,3)15-16-13(4,10-14)11-8-6-5-7-9-11/h5-9H,1-4H3. The first-order valence-electron chi connectivity index (χ1n) is 5.21. The molecule has 1 aromatic carbocycles. The van der Waals surface area contributed by atoms with Crippen LogP contribution in [0.1, 0.15) is 33.3 Å². The highest BCUT2D eigenvalue weighted by Crippen LogP contribution is 2.26. The van der Waals surface area contributed by atoms with E-state index >= 15 is 0 Å². The van der Waals surface area contributed by atoms with Crippen LogP contribution in [0.2, 0.25) is 0 Å². The molecular formula is C13H17NO2. The Balaban J connectivity index is 2.84. The predicted molar refractivity (Wildman–Crippen MR) is 61.3 cm³/mol. The molecule has 0 radical (unpaired) electrons. The van der Waals surface area contributed by atoms with Gasteiger partial charge in [-0.25, -0.2) is 9.78 Å². The summed E-state index contributed by atoms with van der Waals surface area (Å²) in [5, 5.41) is 9.18. The second-order valence-corrected chi connectivity index (χ2v) is 4.79. The van der Waals surface area contributed by atoms with Crippen LogP contribution >= 0.6 is 0 Å². The second-order valence-electron chi connectivity index (χ2n) is 4.79. The van der Waals surface area contributed by atoms with E-state index in [4.69, 9.17) is 9.78 Å². The molecule has 0 fully saturated rings. The fourth-order valence-electron chi connectivity index (χ4n) is 1.10. The second kappa shape index (κ2) is 4.65. The highest BCUT2D eigenvalue weighted by atomic mass is 17.2. The van der Waals surface area contributed by atoms with Crippen molar-refractivity contribution >= 4 is 0 Å². The van der Waals surface area contributed by atoms with Gasteiger partial charge in [0.05, 0.1) is 5.60 Å². The lowest BCUT2D eigenvalue weighted by Crippen LogP contribution is -2.30. The van der Waals surface area contributed by atoms with Crippen LogP contribution in [0.25, 0.3) is 0 Å². The first-order chi connectivity index (χ1) is 7.37. The van der Waals surface area contributed by atoms with Crippen molar-refractivity contribution in [1.29, 1.82) is 5.26 Å². The third-order valence-electron chi connectivity index (χ3n) is 2.00. The smallest absolute Gasteiger partial charge is 0.211 e. The van der Waals surface area contributed by atoms with E-state index in [9.17, 15) is 5.26 Å². The van der Waals surface area contributed by atoms with Gasteiger partial charge < -0.3 is 0 Å². The largest absolute Gasteiger partial charge is 0.229 e. The Kier molecular flexibility index (Phi) is 3.69. The van der Waals surface area contributed by atoms with E-state index in [0.29, 0.717) is 0 Å². The summed E-state index contributed by atoms with van der Waals surface area (Å²) < 4.78 is 0. The van der Waals surface area contributed by atoms with Gasteiger partial charge in [0.15, 0.2) is 0 Å². The topological polar surface area (TPSA) is 42.2 Å². The van der Waals surface area contributed by atoms with Gasteiger partial charge in [-0.3, -0.25) is 0 Å². The molecule has 0 aliphatic carbocycles. The molecule has 0 aliphatic rings. The molecule has 16 heavy (non-hydrogen) atoms. The number of hydrogen-bond donors (Lipinski definition) is 0. The minimum absolute atomic E-state index is 0.438. The Morgan fingerprint density at radius 2 is 1.56 bits per heavy atom. The van der Waals surface area contributed by atoms with Crippen LogP contribution in [0.3, 0.4) is 0 Å². The third-order valence-corrected chi connectivity index (χ3v) is 2.00.